The van der Waals surface area contributed by atoms with Gasteiger partial charge in [-0.1, -0.05) is 58.4 Å². The van der Waals surface area contributed by atoms with Gasteiger partial charge >= 0.3 is 5.97 Å². The Kier molecular flexibility index (Phi) is 5.21. The van der Waals surface area contributed by atoms with Gasteiger partial charge in [0.25, 0.3) is 0 Å². The molecule has 5 aliphatic rings. The molecule has 2 bridgehead atoms. The molecule has 1 aromatic carbocycles. The molecule has 0 unspecified atom stereocenters. The van der Waals surface area contributed by atoms with E-state index < -0.39 is 40.7 Å². The minimum atomic E-state index is -1.43. The fourth-order valence-electron chi connectivity index (χ4n) is 8.54. The average Bonchev–Trinajstić information content (AvgIpc) is 3.16. The van der Waals surface area contributed by atoms with Crippen LogP contribution >= 0.6 is 0 Å². The van der Waals surface area contributed by atoms with Gasteiger partial charge in [0.15, 0.2) is 0 Å². The Labute approximate surface area is 212 Å². The van der Waals surface area contributed by atoms with Crippen LogP contribution < -0.4 is 0 Å². The first-order chi connectivity index (χ1) is 16.9. The molecule has 10 atom stereocenters. The molecule has 0 radical (unpaired) electrons. The van der Waals surface area contributed by atoms with Gasteiger partial charge in [0.05, 0.1) is 18.3 Å². The van der Waals surface area contributed by atoms with Crippen molar-refractivity contribution in [1.82, 2.24) is 0 Å². The average molecular weight is 499 g/mol. The largest absolute Gasteiger partial charge is 0.455 e. The molecule has 1 aromatic rings. The molecule has 2 aliphatic heterocycles. The van der Waals surface area contributed by atoms with Crippen LogP contribution in [0.5, 0.6) is 0 Å². The van der Waals surface area contributed by atoms with E-state index in [1.54, 1.807) is 24.3 Å². The van der Waals surface area contributed by atoms with Crippen molar-refractivity contribution in [3.05, 3.63) is 47.0 Å². The second kappa shape index (κ2) is 7.64. The van der Waals surface area contributed by atoms with Crippen molar-refractivity contribution in [2.75, 3.05) is 6.61 Å². The van der Waals surface area contributed by atoms with E-state index in [9.17, 15) is 15.0 Å². The van der Waals surface area contributed by atoms with Crippen molar-refractivity contribution in [2.45, 2.75) is 90.5 Å². The van der Waals surface area contributed by atoms with Crippen molar-refractivity contribution in [1.29, 1.82) is 0 Å². The summed E-state index contributed by atoms with van der Waals surface area (Å²) in [6.07, 6.45) is -1.91. The van der Waals surface area contributed by atoms with Gasteiger partial charge in [0.1, 0.15) is 30.0 Å². The summed E-state index contributed by atoms with van der Waals surface area (Å²) in [7, 11) is 0. The normalized spacial score (nSPS) is 48.7. The van der Waals surface area contributed by atoms with Crippen molar-refractivity contribution < 1.29 is 34.3 Å². The molecule has 0 aromatic heterocycles. The van der Waals surface area contributed by atoms with Gasteiger partial charge in [0.2, 0.25) is 0 Å². The number of carbonyl (C=O) groups is 1. The number of esters is 1. The molecule has 4 fully saturated rings. The Hall–Kier alpha value is -1.77. The zero-order chi connectivity index (χ0) is 25.8. The molecule has 2 saturated carbocycles. The standard InChI is InChI=1S/C29H38O7/c1-15-13-29(32)24(34-25(31)17-10-8-7-9-11-17)22-27(5)14-33-18(27)12-19-28(22,6)23(36-35-19)21(30)20(16(15)2)26(29,3)4/h7-11,15,18-19,21-24,30,32H,12-14H2,1-6H3/t15-,18+,19-,21+,22+,23-,24-,27+,28+,29+/m0/s1. The molecular formula is C29H38O7. The SMILES string of the molecule is CC1=C2[C@@H](O)[C@@H]3OO[C@H]4C[C@H]5OC[C@@]5(C)[C@@H]([C@H](OC(=O)c5ccccc5)[C@](O)(C[C@@H]1C)C2(C)C)[C@@]43C. The number of benzene rings is 1. The maximum atomic E-state index is 13.6. The maximum absolute atomic E-state index is 13.6. The number of aliphatic hydroxyl groups excluding tert-OH is 1. The van der Waals surface area contributed by atoms with Gasteiger partial charge in [-0.25, -0.2) is 14.6 Å². The van der Waals surface area contributed by atoms with E-state index in [0.29, 0.717) is 25.0 Å². The molecule has 2 heterocycles. The van der Waals surface area contributed by atoms with Crippen molar-refractivity contribution >= 4 is 5.97 Å². The number of hydrogen-bond acceptors (Lipinski definition) is 7. The monoisotopic (exact) mass is 498 g/mol. The van der Waals surface area contributed by atoms with Crippen LogP contribution in [0.25, 0.3) is 0 Å². The summed E-state index contributed by atoms with van der Waals surface area (Å²) >= 11 is 0. The van der Waals surface area contributed by atoms with Crippen LogP contribution in [0, 0.1) is 28.1 Å². The third-order valence-electron chi connectivity index (χ3n) is 10.9. The van der Waals surface area contributed by atoms with Crippen LogP contribution in [0.3, 0.4) is 0 Å². The number of fused-ring (bicyclic) bond motifs is 4. The van der Waals surface area contributed by atoms with Crippen LogP contribution in [0.15, 0.2) is 41.5 Å². The molecule has 0 amide bonds. The highest BCUT2D eigenvalue weighted by atomic mass is 17.2. The van der Waals surface area contributed by atoms with Gasteiger partial charge in [-0.2, -0.15) is 0 Å². The quantitative estimate of drug-likeness (QED) is 0.364. The summed E-state index contributed by atoms with van der Waals surface area (Å²) in [5, 5.41) is 24.8. The lowest BCUT2D eigenvalue weighted by molar-refractivity contribution is -0.324. The molecule has 36 heavy (non-hydrogen) atoms. The van der Waals surface area contributed by atoms with Crippen molar-refractivity contribution in [3.8, 4) is 0 Å². The molecular weight excluding hydrogens is 460 g/mol. The number of carbonyl (C=O) groups excluding carboxylic acids is 1. The number of ether oxygens (including phenoxy) is 2. The number of hydrogen-bond donors (Lipinski definition) is 2. The van der Waals surface area contributed by atoms with E-state index in [1.807, 2.05) is 26.8 Å². The number of aliphatic hydroxyl groups is 2. The molecule has 7 heteroatoms. The lowest BCUT2D eigenvalue weighted by Crippen LogP contribution is -2.76. The first-order valence-electron chi connectivity index (χ1n) is 13.2. The van der Waals surface area contributed by atoms with E-state index in [0.717, 1.165) is 11.1 Å². The maximum Gasteiger partial charge on any atom is 0.338 e. The van der Waals surface area contributed by atoms with Gasteiger partial charge in [-0.15, -0.1) is 0 Å². The first-order valence-corrected chi connectivity index (χ1v) is 13.2. The lowest BCUT2D eigenvalue weighted by atomic mass is 9.42. The van der Waals surface area contributed by atoms with Gasteiger partial charge < -0.3 is 19.7 Å². The van der Waals surface area contributed by atoms with Crippen molar-refractivity contribution in [3.63, 3.8) is 0 Å². The molecule has 2 saturated heterocycles. The molecule has 6 rings (SSSR count). The van der Waals surface area contributed by atoms with Crippen LogP contribution in [-0.4, -0.2) is 58.9 Å². The van der Waals surface area contributed by atoms with Crippen LogP contribution in [0.1, 0.15) is 64.7 Å². The van der Waals surface area contributed by atoms with E-state index in [-0.39, 0.29) is 29.5 Å². The first kappa shape index (κ1) is 24.6. The van der Waals surface area contributed by atoms with Gasteiger partial charge in [-0.05, 0) is 37.0 Å². The molecule has 7 nitrogen and oxygen atoms in total. The Morgan fingerprint density at radius 1 is 1.08 bits per heavy atom. The number of allylic oxidation sites excluding steroid dienone is 1. The minimum absolute atomic E-state index is 0.0158. The Morgan fingerprint density at radius 2 is 1.78 bits per heavy atom. The zero-order valence-electron chi connectivity index (χ0n) is 22.0. The molecule has 196 valence electrons. The summed E-state index contributed by atoms with van der Waals surface area (Å²) in [5.41, 5.74) is -1.17. The molecule has 0 spiro atoms. The summed E-state index contributed by atoms with van der Waals surface area (Å²) in [6.45, 7) is 12.7. The summed E-state index contributed by atoms with van der Waals surface area (Å²) in [6, 6.07) is 8.93. The lowest BCUT2D eigenvalue weighted by Gasteiger charge is -2.68. The molecule has 3 aliphatic carbocycles. The van der Waals surface area contributed by atoms with Crippen LogP contribution in [-0.2, 0) is 19.2 Å². The fourth-order valence-corrected chi connectivity index (χ4v) is 8.54. The highest BCUT2D eigenvalue weighted by Gasteiger charge is 2.77. The third-order valence-corrected chi connectivity index (χ3v) is 10.9. The minimum Gasteiger partial charge on any atom is -0.455 e. The topological polar surface area (TPSA) is 94.5 Å². The highest BCUT2D eigenvalue weighted by molar-refractivity contribution is 5.89. The van der Waals surface area contributed by atoms with E-state index in [2.05, 4.69) is 20.8 Å². The van der Waals surface area contributed by atoms with Crippen LogP contribution in [0.4, 0.5) is 0 Å². The smallest absolute Gasteiger partial charge is 0.338 e. The third kappa shape index (κ3) is 2.84. The Balaban J connectivity index is 1.60. The summed E-state index contributed by atoms with van der Waals surface area (Å²) < 4.78 is 12.5. The van der Waals surface area contributed by atoms with Crippen LogP contribution in [0.2, 0.25) is 0 Å². The second-order valence-corrected chi connectivity index (χ2v) is 12.9. The molecule has 2 N–H and O–H groups in total. The van der Waals surface area contributed by atoms with E-state index >= 15 is 0 Å². The fraction of sp³-hybridized carbons (Fsp3) is 0.690. The predicted octanol–water partition coefficient (Wildman–Crippen LogP) is 3.83. The van der Waals surface area contributed by atoms with Gasteiger partial charge in [-0.3, -0.25) is 0 Å². The Morgan fingerprint density at radius 3 is 2.42 bits per heavy atom. The summed E-state index contributed by atoms with van der Waals surface area (Å²) in [4.78, 5) is 25.5. The second-order valence-electron chi connectivity index (χ2n) is 12.9. The van der Waals surface area contributed by atoms with E-state index in [1.165, 1.54) is 0 Å². The highest BCUT2D eigenvalue weighted by Crippen LogP contribution is 2.69. The number of rotatable bonds is 2. The van der Waals surface area contributed by atoms with Crippen molar-refractivity contribution in [2.24, 2.45) is 28.1 Å². The summed E-state index contributed by atoms with van der Waals surface area (Å²) in [5.74, 6) is -0.847. The zero-order valence-corrected chi connectivity index (χ0v) is 22.0. The predicted molar refractivity (Wildman–Crippen MR) is 131 cm³/mol. The van der Waals surface area contributed by atoms with Gasteiger partial charge in [0, 0.05) is 28.6 Å². The Bertz CT molecular complexity index is 1110. The van der Waals surface area contributed by atoms with E-state index in [4.69, 9.17) is 19.2 Å².